The maximum atomic E-state index is 8.83. The van der Waals surface area contributed by atoms with Crippen molar-refractivity contribution in [1.82, 2.24) is 4.98 Å². The lowest BCUT2D eigenvalue weighted by Crippen LogP contribution is -1.99. The summed E-state index contributed by atoms with van der Waals surface area (Å²) >= 11 is 17.2. The van der Waals surface area contributed by atoms with Gasteiger partial charge in [0.25, 0.3) is 0 Å². The Labute approximate surface area is 97.4 Å². The van der Waals surface area contributed by atoms with Gasteiger partial charge in [0, 0.05) is 5.88 Å². The minimum absolute atomic E-state index is 0.147. The molecule has 14 heavy (non-hydrogen) atoms. The highest BCUT2D eigenvalue weighted by Gasteiger charge is 2.13. The van der Waals surface area contributed by atoms with E-state index in [1.165, 1.54) is 0 Å². The minimum Gasteiger partial charge on any atom is -0.223 e. The zero-order valence-electron chi connectivity index (χ0n) is 7.44. The molecule has 0 unspecified atom stereocenters. The number of nitriles is 1. The van der Waals surface area contributed by atoms with Crippen LogP contribution in [0, 0.1) is 18.3 Å². The molecule has 0 atom stereocenters. The molecule has 0 aromatic carbocycles. The molecular formula is C9H7Cl3N2. The Morgan fingerprint density at radius 3 is 2.50 bits per heavy atom. The summed E-state index contributed by atoms with van der Waals surface area (Å²) in [5.41, 5.74) is 1.93. The minimum atomic E-state index is 0.147. The second-order valence-corrected chi connectivity index (χ2v) is 3.82. The smallest absolute Gasteiger partial charge is 0.148 e. The van der Waals surface area contributed by atoms with Crippen LogP contribution in [0.4, 0.5) is 0 Å². The summed E-state index contributed by atoms with van der Waals surface area (Å²) in [5.74, 6) is 0.439. The number of aromatic nitrogens is 1. The predicted octanol–water partition coefficient (Wildman–Crippen LogP) is 3.35. The van der Waals surface area contributed by atoms with Crippen molar-refractivity contribution in [1.29, 1.82) is 5.26 Å². The highest BCUT2D eigenvalue weighted by Crippen LogP contribution is 2.26. The van der Waals surface area contributed by atoms with Crippen LogP contribution >= 0.6 is 34.8 Å². The van der Waals surface area contributed by atoms with Gasteiger partial charge in [0.2, 0.25) is 0 Å². The van der Waals surface area contributed by atoms with E-state index in [2.05, 4.69) is 4.98 Å². The molecule has 0 saturated heterocycles. The number of hydrogen-bond donors (Lipinski definition) is 0. The van der Waals surface area contributed by atoms with Gasteiger partial charge in [0.05, 0.1) is 5.56 Å². The van der Waals surface area contributed by atoms with Crippen LogP contribution in [0.15, 0.2) is 0 Å². The fourth-order valence-corrected chi connectivity index (χ4v) is 2.01. The highest BCUT2D eigenvalue weighted by molar-refractivity contribution is 6.33. The first kappa shape index (κ1) is 11.6. The van der Waals surface area contributed by atoms with Crippen molar-refractivity contribution in [3.63, 3.8) is 0 Å². The van der Waals surface area contributed by atoms with Gasteiger partial charge in [-0.3, -0.25) is 0 Å². The zero-order valence-corrected chi connectivity index (χ0v) is 9.71. The zero-order chi connectivity index (χ0) is 10.7. The number of rotatable bonds is 2. The van der Waals surface area contributed by atoms with Gasteiger partial charge in [0.1, 0.15) is 16.4 Å². The molecule has 0 bridgehead atoms. The summed E-state index contributed by atoms with van der Waals surface area (Å²) in [6.45, 7) is 1.79. The quantitative estimate of drug-likeness (QED) is 0.595. The van der Waals surface area contributed by atoms with Gasteiger partial charge in [0.15, 0.2) is 0 Å². The van der Waals surface area contributed by atoms with Gasteiger partial charge in [-0.1, -0.05) is 23.2 Å². The van der Waals surface area contributed by atoms with Crippen molar-refractivity contribution >= 4 is 34.8 Å². The number of pyridine rings is 1. The summed E-state index contributed by atoms with van der Waals surface area (Å²) < 4.78 is 0. The molecule has 74 valence electrons. The van der Waals surface area contributed by atoms with Gasteiger partial charge < -0.3 is 0 Å². The third-order valence-corrected chi connectivity index (χ3v) is 2.71. The van der Waals surface area contributed by atoms with E-state index >= 15 is 0 Å². The molecular weight excluding hydrogens is 242 g/mol. The van der Waals surface area contributed by atoms with E-state index in [1.807, 2.05) is 6.07 Å². The van der Waals surface area contributed by atoms with E-state index in [9.17, 15) is 0 Å². The van der Waals surface area contributed by atoms with E-state index in [-0.39, 0.29) is 5.15 Å². The summed E-state index contributed by atoms with van der Waals surface area (Å²) in [7, 11) is 0. The van der Waals surface area contributed by atoms with Crippen LogP contribution in [0.25, 0.3) is 0 Å². The highest BCUT2D eigenvalue weighted by atomic mass is 35.5. The Bertz CT molecular complexity index is 396. The van der Waals surface area contributed by atoms with Crippen LogP contribution in [0.3, 0.4) is 0 Å². The number of hydrogen-bond acceptors (Lipinski definition) is 2. The summed E-state index contributed by atoms with van der Waals surface area (Å²) in [6.07, 6.45) is 0.588. The molecule has 0 aliphatic carbocycles. The average molecular weight is 250 g/mol. The van der Waals surface area contributed by atoms with Crippen LogP contribution in [-0.4, -0.2) is 10.9 Å². The summed E-state index contributed by atoms with van der Waals surface area (Å²) in [5, 5.41) is 9.30. The first-order valence-electron chi connectivity index (χ1n) is 3.92. The van der Waals surface area contributed by atoms with Crippen molar-refractivity contribution in [2.75, 3.05) is 5.88 Å². The molecule has 0 radical (unpaired) electrons. The molecule has 1 aromatic rings. The Kier molecular flexibility index (Phi) is 4.00. The number of alkyl halides is 1. The first-order chi connectivity index (χ1) is 6.61. The second-order valence-electron chi connectivity index (χ2n) is 2.72. The molecule has 0 fully saturated rings. The molecule has 1 aromatic heterocycles. The van der Waals surface area contributed by atoms with Gasteiger partial charge in [-0.15, -0.1) is 11.6 Å². The van der Waals surface area contributed by atoms with Crippen molar-refractivity contribution in [3.8, 4) is 6.07 Å². The monoisotopic (exact) mass is 248 g/mol. The van der Waals surface area contributed by atoms with Crippen LogP contribution in [-0.2, 0) is 6.42 Å². The molecule has 0 amide bonds. The van der Waals surface area contributed by atoms with Gasteiger partial charge in [-0.2, -0.15) is 5.26 Å². The van der Waals surface area contributed by atoms with E-state index in [1.54, 1.807) is 6.92 Å². The normalized spacial score (nSPS) is 9.93. The van der Waals surface area contributed by atoms with Crippen LogP contribution in [0.2, 0.25) is 10.3 Å². The molecule has 0 aliphatic rings. The van der Waals surface area contributed by atoms with Gasteiger partial charge in [-0.05, 0) is 24.5 Å². The lowest BCUT2D eigenvalue weighted by atomic mass is 10.1. The molecule has 0 saturated carbocycles. The predicted molar refractivity (Wildman–Crippen MR) is 58.1 cm³/mol. The van der Waals surface area contributed by atoms with Gasteiger partial charge in [-0.25, -0.2) is 4.98 Å². The Balaban J connectivity index is 3.38. The molecule has 0 aliphatic heterocycles. The Morgan fingerprint density at radius 1 is 1.36 bits per heavy atom. The Hall–Kier alpha value is -0.490. The van der Waals surface area contributed by atoms with Crippen molar-refractivity contribution in [2.24, 2.45) is 0 Å². The number of halogens is 3. The Morgan fingerprint density at radius 2 is 2.00 bits per heavy atom. The van der Waals surface area contributed by atoms with Crippen LogP contribution < -0.4 is 0 Å². The van der Waals surface area contributed by atoms with Gasteiger partial charge >= 0.3 is 0 Å². The molecule has 5 heteroatoms. The summed E-state index contributed by atoms with van der Waals surface area (Å²) in [4.78, 5) is 3.87. The van der Waals surface area contributed by atoms with E-state index in [4.69, 9.17) is 40.1 Å². The van der Waals surface area contributed by atoms with Crippen molar-refractivity contribution in [3.05, 3.63) is 27.0 Å². The molecule has 1 rings (SSSR count). The maximum Gasteiger partial charge on any atom is 0.148 e. The lowest BCUT2D eigenvalue weighted by Gasteiger charge is -2.08. The third-order valence-electron chi connectivity index (χ3n) is 1.94. The fraction of sp³-hybridized carbons (Fsp3) is 0.333. The van der Waals surface area contributed by atoms with E-state index < -0.39 is 0 Å². The second kappa shape index (κ2) is 4.84. The standard InChI is InChI=1S/C9H7Cl3N2/c1-5-6(2-3-10)8(11)14-9(12)7(5)4-13/h2-3H2,1H3. The number of nitrogens with zero attached hydrogens (tertiary/aromatic N) is 2. The fourth-order valence-electron chi connectivity index (χ4n) is 1.19. The van der Waals surface area contributed by atoms with Crippen LogP contribution in [0.5, 0.6) is 0 Å². The van der Waals surface area contributed by atoms with Crippen LogP contribution in [0.1, 0.15) is 16.7 Å². The SMILES string of the molecule is Cc1c(C#N)c(Cl)nc(Cl)c1CCCl. The average Bonchev–Trinajstić information content (AvgIpc) is 2.12. The largest absolute Gasteiger partial charge is 0.223 e. The first-order valence-corrected chi connectivity index (χ1v) is 5.21. The lowest BCUT2D eigenvalue weighted by molar-refractivity contribution is 1.07. The molecule has 2 nitrogen and oxygen atoms in total. The van der Waals surface area contributed by atoms with Crippen molar-refractivity contribution < 1.29 is 0 Å². The maximum absolute atomic E-state index is 8.83. The summed E-state index contributed by atoms with van der Waals surface area (Å²) in [6, 6.07) is 1.99. The van der Waals surface area contributed by atoms with E-state index in [0.717, 1.165) is 11.1 Å². The molecule has 0 spiro atoms. The molecule has 1 heterocycles. The third kappa shape index (κ3) is 2.12. The van der Waals surface area contributed by atoms with E-state index in [0.29, 0.717) is 23.0 Å². The topological polar surface area (TPSA) is 36.7 Å². The molecule has 0 N–H and O–H groups in total. The van der Waals surface area contributed by atoms with Crippen molar-refractivity contribution in [2.45, 2.75) is 13.3 Å².